The van der Waals surface area contributed by atoms with Gasteiger partial charge in [0.2, 0.25) is 76.8 Å². The summed E-state index contributed by atoms with van der Waals surface area (Å²) in [5.74, 6) is -18.3. The lowest BCUT2D eigenvalue weighted by Crippen LogP contribution is -2.61. The number of nitrogens with two attached hydrogens (primary N) is 9. The maximum atomic E-state index is 16.0. The Hall–Kier alpha value is -14.0. The van der Waals surface area contributed by atoms with Crippen LogP contribution in [0.3, 0.4) is 0 Å². The van der Waals surface area contributed by atoms with Crippen LogP contribution in [0.4, 0.5) is 4.79 Å². The number of primary amides is 1. The topological polar surface area (TPSA) is 890 Å². The maximum Gasteiger partial charge on any atom is 0.326 e. The summed E-state index contributed by atoms with van der Waals surface area (Å²) in [5.41, 5.74) is 52.9. The predicted octanol–water partition coefficient (Wildman–Crippen LogP) is -6.02. The second-order valence-corrected chi connectivity index (χ2v) is 37.5. The molecule has 2 saturated heterocycles. The minimum absolute atomic E-state index is 0.0131. The summed E-state index contributed by atoms with van der Waals surface area (Å²) in [6.45, 7) is -0.0267. The molecule has 4 aromatic rings. The lowest BCUT2D eigenvalue weighted by Gasteiger charge is -2.31. The number of phenols is 2. The van der Waals surface area contributed by atoms with Crippen LogP contribution in [-0.4, -0.2) is 294 Å². The number of hydrogen-bond acceptors (Lipinski definition) is 28. The standard InChI is InChI=1S/C88H139N33O18S3/c89-33-5-3-16-55-72(127)114-60(17-4-6-34-90)81(136)121-41-13-23-67(121)80(135)118-63(43-49-27-31-52(123)32-28-49)76(131)113-58(20-10-38-106-86(98)99)71(126)111-59(21-11-40-108-88(102)139)74(129)119-65(78(133)115-61(82(137)138)22-12-39-107-87(100)101)46-141-142-47-66(79(134)116-62(42-48-25-29-51(122)30-26-48)75(130)112-57(70(125)110-55)19-9-37-105-85(96)97)120-77(132)64(44-50-45-140-68-24-2-1-14-53(50)68)117-73(128)56(18-8-36-104-84(94)95)109-69(124)54(91)15-7-35-103-83(92)93/h1-2,14,24-32,45,54-67,122-123H,3-13,15-23,33-44,46-47,89-91H2,(H,109,124)(H,110,125)(H,111,126)(H,112,130)(H,113,131)(H,114,127)(H,115,133)(H,116,134)(H,117,128)(H,118,135)(H,119,129)(H,120,132)(H,137,138)(H4,92,93,103)(H4,94,95,104)(H4,96,97,105)(H4,98,99,106)(H4,100,101,107)(H3,102,108,139)/t54-,55-,56-,57-,58-,59-,60+,61-,62-,63-,64+,65-,66-,67-/m0/s1. The molecule has 0 aliphatic carbocycles. The van der Waals surface area contributed by atoms with Gasteiger partial charge in [-0.05, 0) is 199 Å². The third-order valence-corrected chi connectivity index (χ3v) is 26.3. The van der Waals surface area contributed by atoms with Gasteiger partial charge in [0.25, 0.3) is 0 Å². The molecule has 54 heteroatoms. The Labute approximate surface area is 832 Å². The number of aliphatic carboxylic acids is 1. The number of amides is 15. The maximum absolute atomic E-state index is 16.0. The van der Waals surface area contributed by atoms with E-state index in [1.54, 1.807) is 29.6 Å². The van der Waals surface area contributed by atoms with Gasteiger partial charge in [0.05, 0.1) is 6.04 Å². The zero-order valence-electron chi connectivity index (χ0n) is 79.0. The van der Waals surface area contributed by atoms with Crippen molar-refractivity contribution in [2.24, 2.45) is 51.6 Å². The number of fused-ring (bicyclic) bond motifs is 2. The summed E-state index contributed by atoms with van der Waals surface area (Å²) in [7, 11) is 1.48. The number of hydrogen-bond donors (Lipinski definition) is 35. The van der Waals surface area contributed by atoms with Crippen LogP contribution in [-0.2, 0) is 86.4 Å². The summed E-state index contributed by atoms with van der Waals surface area (Å²) in [5, 5.41) is 121. The number of phenolic OH excluding ortho intramolecular Hbond substituents is 2. The zero-order valence-corrected chi connectivity index (χ0v) is 81.4. The molecule has 44 N–H and O–H groups in total. The normalized spacial score (nSPS) is 20.3. The third-order valence-electron chi connectivity index (χ3n) is 22.8. The molecule has 14 atom stereocenters. The average Bonchev–Trinajstić information content (AvgIpc) is 1.65. The van der Waals surface area contributed by atoms with Crippen molar-refractivity contribution in [3.63, 3.8) is 0 Å². The number of carboxylic acids is 1. The quantitative estimate of drug-likeness (QED) is 0.00847. The number of carbonyl (C=O) groups excluding carboxylic acids is 14. The van der Waals surface area contributed by atoms with Gasteiger partial charge in [-0.15, -0.1) is 11.3 Å². The number of thiophene rings is 1. The van der Waals surface area contributed by atoms with Crippen molar-refractivity contribution in [3.8, 4) is 11.5 Å². The fourth-order valence-corrected chi connectivity index (χ4v) is 18.6. The first-order valence-corrected chi connectivity index (χ1v) is 50.1. The molecule has 3 aromatic carbocycles. The molecule has 1 aromatic heterocycles. The monoisotopic (exact) mass is 2040 g/mol. The fourth-order valence-electron chi connectivity index (χ4n) is 15.3. The van der Waals surface area contributed by atoms with Gasteiger partial charge in [-0.1, -0.05) is 64.1 Å². The van der Waals surface area contributed by atoms with E-state index in [1.807, 2.05) is 0 Å². The third kappa shape index (κ3) is 42.6. The molecular formula is C88H139N33O18S3. The second-order valence-electron chi connectivity index (χ2n) is 34.1. The van der Waals surface area contributed by atoms with Gasteiger partial charge in [0.1, 0.15) is 90.0 Å². The number of aromatic hydroxyl groups is 2. The highest BCUT2D eigenvalue weighted by Gasteiger charge is 2.43. The van der Waals surface area contributed by atoms with Crippen molar-refractivity contribution in [2.45, 2.75) is 232 Å². The zero-order chi connectivity index (χ0) is 104. The summed E-state index contributed by atoms with van der Waals surface area (Å²) >= 11 is 1.29. The Kier molecular flexibility index (Phi) is 51.1. The van der Waals surface area contributed by atoms with Crippen LogP contribution in [0.1, 0.15) is 145 Å². The molecule has 3 heterocycles. The van der Waals surface area contributed by atoms with E-state index >= 15 is 57.5 Å². The minimum atomic E-state index is -1.90. The fraction of sp³-hybridized carbons (Fsp3) is 0.545. The van der Waals surface area contributed by atoms with Crippen LogP contribution in [0, 0.1) is 27.0 Å². The van der Waals surface area contributed by atoms with E-state index in [0.717, 1.165) is 26.3 Å². The Morgan fingerprint density at radius 2 is 0.845 bits per heavy atom. The van der Waals surface area contributed by atoms with Gasteiger partial charge in [-0.25, -0.2) is 9.59 Å². The van der Waals surface area contributed by atoms with Crippen molar-refractivity contribution in [3.05, 3.63) is 94.9 Å². The van der Waals surface area contributed by atoms with E-state index in [9.17, 15) is 29.7 Å². The number of nitrogens with zero attached hydrogens (tertiary/aromatic N) is 1. The van der Waals surface area contributed by atoms with Crippen LogP contribution in [0.5, 0.6) is 11.5 Å². The largest absolute Gasteiger partial charge is 0.508 e. The van der Waals surface area contributed by atoms with E-state index in [1.165, 1.54) is 64.8 Å². The van der Waals surface area contributed by atoms with Gasteiger partial charge < -0.3 is 168 Å². The van der Waals surface area contributed by atoms with Gasteiger partial charge in [0, 0.05) is 81.3 Å². The van der Waals surface area contributed by atoms with Crippen LogP contribution in [0.2, 0.25) is 0 Å². The summed E-state index contributed by atoms with van der Waals surface area (Å²) in [4.78, 5) is 226. The Bertz CT molecular complexity index is 4930. The van der Waals surface area contributed by atoms with Crippen LogP contribution in [0.25, 0.3) is 10.1 Å². The van der Waals surface area contributed by atoms with Gasteiger partial charge in [0.15, 0.2) is 29.8 Å². The first-order chi connectivity index (χ1) is 67.7. The number of carbonyl (C=O) groups is 15. The van der Waals surface area contributed by atoms with Crippen LogP contribution in [0.15, 0.2) is 78.2 Å². The summed E-state index contributed by atoms with van der Waals surface area (Å²) < 4.78 is 0.748. The first-order valence-electron chi connectivity index (χ1n) is 46.8. The molecule has 6 rings (SSSR count). The molecule has 2 aliphatic heterocycles. The molecule has 0 radical (unpaired) electrons. The lowest BCUT2D eigenvalue weighted by atomic mass is 10.0. The van der Waals surface area contributed by atoms with Crippen molar-refractivity contribution >= 4 is 162 Å². The number of benzene rings is 3. The molecule has 782 valence electrons. The molecule has 2 fully saturated rings. The van der Waals surface area contributed by atoms with E-state index < -0.39 is 222 Å². The van der Waals surface area contributed by atoms with Crippen molar-refractivity contribution in [1.29, 1.82) is 27.0 Å². The minimum Gasteiger partial charge on any atom is -0.508 e. The molecule has 142 heavy (non-hydrogen) atoms. The van der Waals surface area contributed by atoms with Crippen molar-refractivity contribution < 1.29 is 87.2 Å². The van der Waals surface area contributed by atoms with E-state index in [2.05, 4.69) is 95.7 Å². The number of urea groups is 1. The number of nitrogens with one attached hydrogen (secondary N) is 23. The van der Waals surface area contributed by atoms with Gasteiger partial charge in [-0.2, -0.15) is 0 Å². The van der Waals surface area contributed by atoms with Crippen molar-refractivity contribution in [2.75, 3.05) is 70.4 Å². The van der Waals surface area contributed by atoms with Crippen LogP contribution >= 0.6 is 32.9 Å². The molecule has 15 amide bonds. The molecule has 0 unspecified atom stereocenters. The molecule has 51 nitrogen and oxygen atoms in total. The van der Waals surface area contributed by atoms with Crippen LogP contribution < -0.4 is 147 Å². The number of carboxylic acid groups (broad SMARTS) is 1. The number of rotatable bonds is 47. The van der Waals surface area contributed by atoms with Gasteiger partial charge >= 0.3 is 12.0 Å². The Balaban J connectivity index is 1.61. The highest BCUT2D eigenvalue weighted by molar-refractivity contribution is 8.76. The van der Waals surface area contributed by atoms with E-state index in [-0.39, 0.29) is 204 Å². The summed E-state index contributed by atoms with van der Waals surface area (Å²) in [6, 6.07) is -5.68. The number of guanidine groups is 5. The molecular weight excluding hydrogens is 1900 g/mol. The summed E-state index contributed by atoms with van der Waals surface area (Å²) in [6.07, 6.45) is -1.32. The second kappa shape index (κ2) is 62.2. The highest BCUT2D eigenvalue weighted by atomic mass is 33.1. The van der Waals surface area contributed by atoms with Crippen molar-refractivity contribution in [1.82, 2.24) is 101 Å². The lowest BCUT2D eigenvalue weighted by molar-refractivity contribution is -0.142. The smallest absolute Gasteiger partial charge is 0.326 e. The Morgan fingerprint density at radius 3 is 1.32 bits per heavy atom. The number of unbranched alkanes of at least 4 members (excludes halogenated alkanes) is 2. The average molecular weight is 2040 g/mol. The van der Waals surface area contributed by atoms with E-state index in [0.29, 0.717) is 29.4 Å². The van der Waals surface area contributed by atoms with Gasteiger partial charge in [-0.3, -0.25) is 89.4 Å². The molecule has 0 spiro atoms. The first kappa shape index (κ1) is 117. The molecule has 0 bridgehead atoms. The Morgan fingerprint density at radius 1 is 0.437 bits per heavy atom. The SMILES string of the molecule is N=C(N)NCCC[C@H](NC(=O)[C@@H]1CSSC[C@H](NC(=O)[C@@H](Cc2csc3ccccc23)NC(=O)[C@H](CCCNC(=N)N)NC(=O)[C@@H](N)CCCNC(=N)N)C(=O)N[C@@H](Cc2ccc(O)cc2)C(=O)N[C@@H](CCCNC(=N)N)C(=O)N[C@@H](CCCCN)C(=O)N[C@H](CCCCN)C(=O)N2CCC[C@H]2C(=O)N[C@@H](Cc2ccc(O)cc2)C(=O)N[C@@H](CCCNC(=N)N)C(=O)N[C@@H](CCCNC(N)=O)C(=O)N1)C(=O)O. The molecule has 2 aliphatic rings. The molecule has 0 saturated carbocycles. The van der Waals surface area contributed by atoms with E-state index in [4.69, 9.17) is 78.6 Å². The highest BCUT2D eigenvalue weighted by Crippen LogP contribution is 2.29. The predicted molar refractivity (Wildman–Crippen MR) is 536 cm³/mol.